The number of carbonyl (C=O) groups is 1. The first-order valence-corrected chi connectivity index (χ1v) is 11.4. The molecule has 1 aromatic heterocycles. The summed E-state index contributed by atoms with van der Waals surface area (Å²) in [6.07, 6.45) is -9.28. The lowest BCUT2D eigenvalue weighted by Crippen LogP contribution is -2.49. The number of halogens is 7. The smallest absolute Gasteiger partial charge is 0.422 e. The molecule has 2 heterocycles. The molecular formula is C23H19ClF6N6O2. The number of ether oxygens (including phenoxy) is 1. The number of piperazine rings is 1. The molecule has 0 bridgehead atoms. The molecule has 38 heavy (non-hydrogen) atoms. The average molecular weight is 561 g/mol. The second-order valence-electron chi connectivity index (χ2n) is 8.14. The van der Waals surface area contributed by atoms with Crippen molar-refractivity contribution < 1.29 is 35.9 Å². The van der Waals surface area contributed by atoms with E-state index in [1.54, 1.807) is 34.1 Å². The zero-order chi connectivity index (χ0) is 27.5. The molecule has 0 saturated carbocycles. The van der Waals surface area contributed by atoms with Gasteiger partial charge in [-0.05, 0) is 42.5 Å². The predicted octanol–water partition coefficient (Wildman–Crippen LogP) is 5.19. The Bertz CT molecular complexity index is 1280. The highest BCUT2D eigenvalue weighted by Crippen LogP contribution is 2.31. The van der Waals surface area contributed by atoms with Crippen molar-refractivity contribution in [3.8, 4) is 6.01 Å². The Morgan fingerprint density at radius 2 is 1.63 bits per heavy atom. The first-order valence-electron chi connectivity index (χ1n) is 11.1. The normalized spacial score (nSPS) is 14.4. The molecule has 0 atom stereocenters. The predicted molar refractivity (Wildman–Crippen MR) is 126 cm³/mol. The Morgan fingerprint density at radius 3 is 2.26 bits per heavy atom. The Hall–Kier alpha value is -3.81. The van der Waals surface area contributed by atoms with Crippen molar-refractivity contribution >= 4 is 35.1 Å². The van der Waals surface area contributed by atoms with Crippen molar-refractivity contribution in [1.82, 2.24) is 19.9 Å². The number of hydrogen-bond donors (Lipinski definition) is 1. The molecule has 1 fully saturated rings. The highest BCUT2D eigenvalue weighted by atomic mass is 35.5. The summed E-state index contributed by atoms with van der Waals surface area (Å²) in [4.78, 5) is 27.8. The number of rotatable bonds is 6. The molecule has 4 rings (SSSR count). The van der Waals surface area contributed by atoms with E-state index in [1.165, 1.54) is 6.07 Å². The molecular weight excluding hydrogens is 542 g/mol. The van der Waals surface area contributed by atoms with Crippen LogP contribution in [-0.2, 0) is 6.18 Å². The summed E-state index contributed by atoms with van der Waals surface area (Å²) >= 11 is 5.86. The number of alkyl halides is 6. The minimum Gasteiger partial charge on any atom is -0.454 e. The monoisotopic (exact) mass is 560 g/mol. The molecule has 0 aliphatic carbocycles. The highest BCUT2D eigenvalue weighted by Gasteiger charge is 2.31. The maximum atomic E-state index is 13.1. The summed E-state index contributed by atoms with van der Waals surface area (Å²) in [5.74, 6) is -0.602. The maximum Gasteiger partial charge on any atom is 0.422 e. The molecule has 1 aliphatic rings. The first kappa shape index (κ1) is 27.2. The second kappa shape index (κ2) is 10.9. The molecule has 0 spiro atoms. The van der Waals surface area contributed by atoms with E-state index in [2.05, 4.69) is 25.0 Å². The van der Waals surface area contributed by atoms with E-state index >= 15 is 0 Å². The molecule has 0 unspecified atom stereocenters. The second-order valence-corrected chi connectivity index (χ2v) is 8.57. The van der Waals surface area contributed by atoms with E-state index in [1.807, 2.05) is 0 Å². The van der Waals surface area contributed by atoms with Crippen molar-refractivity contribution in [2.24, 2.45) is 0 Å². The largest absolute Gasteiger partial charge is 0.454 e. The van der Waals surface area contributed by atoms with Crippen LogP contribution in [0.4, 0.5) is 43.9 Å². The standard InChI is InChI=1S/C23H19ClF6N6O2/c24-16-6-4-14(5-7-16)18(37)35-8-10-36(11-9-35)20-32-19(33-21(34-20)38-13-22(25,26)27)31-17-3-1-2-15(12-17)23(28,29)30/h1-7,12H,8-11,13H2,(H,31,32,33,34). The van der Waals surface area contributed by atoms with Gasteiger partial charge >= 0.3 is 18.4 Å². The van der Waals surface area contributed by atoms with Gasteiger partial charge in [-0.3, -0.25) is 4.79 Å². The van der Waals surface area contributed by atoms with Gasteiger partial charge in [-0.1, -0.05) is 17.7 Å². The first-order chi connectivity index (χ1) is 17.9. The third-order valence-corrected chi connectivity index (χ3v) is 5.61. The molecule has 8 nitrogen and oxygen atoms in total. The van der Waals surface area contributed by atoms with Gasteiger partial charge in [0.05, 0.1) is 5.56 Å². The van der Waals surface area contributed by atoms with Gasteiger partial charge in [0.2, 0.25) is 11.9 Å². The van der Waals surface area contributed by atoms with Crippen molar-refractivity contribution in [3.05, 3.63) is 64.7 Å². The third kappa shape index (κ3) is 7.15. The Balaban J connectivity index is 1.53. The summed E-state index contributed by atoms with van der Waals surface area (Å²) in [5.41, 5.74) is -0.539. The summed E-state index contributed by atoms with van der Waals surface area (Å²) < 4.78 is 82.0. The number of anilines is 3. The lowest BCUT2D eigenvalue weighted by Gasteiger charge is -2.34. The van der Waals surface area contributed by atoms with Crippen LogP contribution in [0.5, 0.6) is 6.01 Å². The number of amides is 1. The topological polar surface area (TPSA) is 83.5 Å². The lowest BCUT2D eigenvalue weighted by molar-refractivity contribution is -0.154. The quantitative estimate of drug-likeness (QED) is 0.415. The van der Waals surface area contributed by atoms with Crippen LogP contribution in [0.3, 0.4) is 0 Å². The van der Waals surface area contributed by atoms with E-state index in [0.717, 1.165) is 18.2 Å². The van der Waals surface area contributed by atoms with Crippen LogP contribution in [0.1, 0.15) is 15.9 Å². The summed E-state index contributed by atoms with van der Waals surface area (Å²) in [5, 5.41) is 3.05. The van der Waals surface area contributed by atoms with Crippen LogP contribution >= 0.6 is 11.6 Å². The van der Waals surface area contributed by atoms with Gasteiger partial charge in [0.1, 0.15) is 0 Å². The maximum absolute atomic E-state index is 13.1. The Labute approximate surface area is 217 Å². The van der Waals surface area contributed by atoms with Crippen molar-refractivity contribution in [2.75, 3.05) is 43.0 Å². The number of aromatic nitrogens is 3. The van der Waals surface area contributed by atoms with E-state index in [9.17, 15) is 31.1 Å². The van der Waals surface area contributed by atoms with Gasteiger partial charge in [0.25, 0.3) is 5.91 Å². The minimum atomic E-state index is -4.67. The van der Waals surface area contributed by atoms with Gasteiger partial charge in [-0.25, -0.2) is 0 Å². The zero-order valence-corrected chi connectivity index (χ0v) is 20.1. The number of benzene rings is 2. The molecule has 1 amide bonds. The van der Waals surface area contributed by atoms with Crippen LogP contribution < -0.4 is 15.0 Å². The summed E-state index contributed by atoms with van der Waals surface area (Å²) in [7, 11) is 0. The molecule has 3 aromatic rings. The van der Waals surface area contributed by atoms with Gasteiger partial charge in [0.15, 0.2) is 6.61 Å². The fraction of sp³-hybridized carbons (Fsp3) is 0.304. The fourth-order valence-corrected chi connectivity index (χ4v) is 3.67. The lowest BCUT2D eigenvalue weighted by atomic mass is 10.2. The van der Waals surface area contributed by atoms with E-state index in [0.29, 0.717) is 10.6 Å². The number of nitrogens with one attached hydrogen (secondary N) is 1. The van der Waals surface area contributed by atoms with Gasteiger partial charge in [0, 0.05) is 42.5 Å². The van der Waals surface area contributed by atoms with Gasteiger partial charge < -0.3 is 19.9 Å². The van der Waals surface area contributed by atoms with Gasteiger partial charge in [-0.2, -0.15) is 41.3 Å². The van der Waals surface area contributed by atoms with Gasteiger partial charge in [-0.15, -0.1) is 0 Å². The number of carbonyl (C=O) groups excluding carboxylic acids is 1. The summed E-state index contributed by atoms with van der Waals surface area (Å²) in [6.45, 7) is -0.719. The molecule has 1 aliphatic heterocycles. The Morgan fingerprint density at radius 1 is 0.947 bits per heavy atom. The van der Waals surface area contributed by atoms with Crippen LogP contribution in [0.25, 0.3) is 0 Å². The molecule has 1 saturated heterocycles. The third-order valence-electron chi connectivity index (χ3n) is 5.35. The molecule has 2 aromatic carbocycles. The molecule has 1 N–H and O–H groups in total. The van der Waals surface area contributed by atoms with Crippen LogP contribution in [0, 0.1) is 0 Å². The van der Waals surface area contributed by atoms with Crippen LogP contribution in [0.15, 0.2) is 48.5 Å². The van der Waals surface area contributed by atoms with Crippen LogP contribution in [-0.4, -0.2) is 64.7 Å². The summed E-state index contributed by atoms with van der Waals surface area (Å²) in [6, 6.07) is 9.86. The van der Waals surface area contributed by atoms with Crippen molar-refractivity contribution in [1.29, 1.82) is 0 Å². The van der Waals surface area contributed by atoms with Crippen LogP contribution in [0.2, 0.25) is 5.02 Å². The SMILES string of the molecule is O=C(c1ccc(Cl)cc1)N1CCN(c2nc(Nc3cccc(C(F)(F)F)c3)nc(OCC(F)(F)F)n2)CC1. The minimum absolute atomic E-state index is 0.0443. The van der Waals surface area contributed by atoms with Crippen molar-refractivity contribution in [2.45, 2.75) is 12.4 Å². The Kier molecular flexibility index (Phi) is 7.81. The molecule has 0 radical (unpaired) electrons. The van der Waals surface area contributed by atoms with E-state index in [4.69, 9.17) is 11.6 Å². The zero-order valence-electron chi connectivity index (χ0n) is 19.4. The van der Waals surface area contributed by atoms with E-state index < -0.39 is 30.5 Å². The van der Waals surface area contributed by atoms with Crippen molar-refractivity contribution in [3.63, 3.8) is 0 Å². The fourth-order valence-electron chi connectivity index (χ4n) is 3.54. The van der Waals surface area contributed by atoms with E-state index in [-0.39, 0.29) is 49.7 Å². The number of nitrogens with zero attached hydrogens (tertiary/aromatic N) is 5. The molecule has 15 heteroatoms. The average Bonchev–Trinajstić information content (AvgIpc) is 2.87. The number of hydrogen-bond acceptors (Lipinski definition) is 7. The highest BCUT2D eigenvalue weighted by molar-refractivity contribution is 6.30. The molecule has 202 valence electrons.